The Kier molecular flexibility index (Phi) is 4.07. The van der Waals surface area contributed by atoms with Crippen LogP contribution in [0.5, 0.6) is 0 Å². The van der Waals surface area contributed by atoms with Gasteiger partial charge in [0, 0.05) is 26.1 Å². The van der Waals surface area contributed by atoms with E-state index >= 15 is 0 Å². The van der Waals surface area contributed by atoms with Crippen molar-refractivity contribution in [2.24, 2.45) is 5.92 Å². The molecule has 0 atom stereocenters. The van der Waals surface area contributed by atoms with Crippen LogP contribution in [-0.4, -0.2) is 47.9 Å². The SMILES string of the molecule is CNC(=O)C1CCN(C(=O)c2ccc(C(=O)O)o2)CC1. The first kappa shape index (κ1) is 14.1. The number of nitrogens with one attached hydrogen (secondary N) is 1. The second kappa shape index (κ2) is 5.77. The minimum absolute atomic E-state index is 0.0109. The van der Waals surface area contributed by atoms with E-state index in [-0.39, 0.29) is 29.3 Å². The number of amides is 2. The Labute approximate surface area is 115 Å². The molecule has 1 aromatic rings. The molecule has 0 saturated carbocycles. The first-order valence-corrected chi connectivity index (χ1v) is 6.37. The van der Waals surface area contributed by atoms with Crippen LogP contribution in [0.2, 0.25) is 0 Å². The lowest BCUT2D eigenvalue weighted by atomic mass is 9.96. The standard InChI is InChI=1S/C13H16N2O5/c1-14-11(16)8-4-6-15(7-5-8)12(17)9-2-3-10(20-9)13(18)19/h2-3,8H,4-7H2,1H3,(H,14,16)(H,18,19). The number of piperidine rings is 1. The van der Waals surface area contributed by atoms with Gasteiger partial charge in [0.15, 0.2) is 5.76 Å². The van der Waals surface area contributed by atoms with E-state index in [9.17, 15) is 14.4 Å². The molecular weight excluding hydrogens is 264 g/mol. The van der Waals surface area contributed by atoms with E-state index in [0.29, 0.717) is 25.9 Å². The molecule has 1 fully saturated rings. The van der Waals surface area contributed by atoms with E-state index in [1.165, 1.54) is 12.1 Å². The smallest absolute Gasteiger partial charge is 0.371 e. The molecule has 1 aromatic heterocycles. The van der Waals surface area contributed by atoms with Crippen LogP contribution in [0.15, 0.2) is 16.5 Å². The third-order valence-electron chi connectivity index (χ3n) is 3.43. The molecule has 2 amide bonds. The van der Waals surface area contributed by atoms with Crippen molar-refractivity contribution < 1.29 is 23.9 Å². The lowest BCUT2D eigenvalue weighted by Crippen LogP contribution is -2.42. The Bertz CT molecular complexity index is 529. The van der Waals surface area contributed by atoms with E-state index in [0.717, 1.165) is 0 Å². The molecule has 0 radical (unpaired) electrons. The van der Waals surface area contributed by atoms with Crippen LogP contribution in [0, 0.1) is 5.92 Å². The number of carboxylic acid groups (broad SMARTS) is 1. The highest BCUT2D eigenvalue weighted by Gasteiger charge is 2.28. The Morgan fingerprint density at radius 1 is 1.25 bits per heavy atom. The Hall–Kier alpha value is -2.31. The van der Waals surface area contributed by atoms with E-state index in [2.05, 4.69) is 5.32 Å². The third-order valence-corrected chi connectivity index (χ3v) is 3.43. The molecule has 20 heavy (non-hydrogen) atoms. The number of likely N-dealkylation sites (tertiary alicyclic amines) is 1. The van der Waals surface area contributed by atoms with E-state index in [4.69, 9.17) is 9.52 Å². The number of carbonyl (C=O) groups is 3. The summed E-state index contributed by atoms with van der Waals surface area (Å²) in [5.41, 5.74) is 0. The van der Waals surface area contributed by atoms with Gasteiger partial charge in [-0.3, -0.25) is 9.59 Å². The summed E-state index contributed by atoms with van der Waals surface area (Å²) in [7, 11) is 1.59. The maximum absolute atomic E-state index is 12.1. The molecule has 0 aromatic carbocycles. The molecule has 108 valence electrons. The number of nitrogens with zero attached hydrogens (tertiary/aromatic N) is 1. The number of hydrogen-bond donors (Lipinski definition) is 2. The third kappa shape index (κ3) is 2.81. The van der Waals surface area contributed by atoms with Gasteiger partial charge >= 0.3 is 5.97 Å². The minimum Gasteiger partial charge on any atom is -0.475 e. The van der Waals surface area contributed by atoms with Crippen molar-refractivity contribution in [3.8, 4) is 0 Å². The van der Waals surface area contributed by atoms with Gasteiger partial charge in [-0.15, -0.1) is 0 Å². The van der Waals surface area contributed by atoms with Crippen LogP contribution in [0.25, 0.3) is 0 Å². The highest BCUT2D eigenvalue weighted by Crippen LogP contribution is 2.20. The molecule has 0 unspecified atom stereocenters. The zero-order valence-electron chi connectivity index (χ0n) is 11.1. The number of furan rings is 1. The predicted molar refractivity (Wildman–Crippen MR) is 68.4 cm³/mol. The Morgan fingerprint density at radius 2 is 1.85 bits per heavy atom. The molecule has 7 heteroatoms. The second-order valence-electron chi connectivity index (χ2n) is 4.65. The normalized spacial score (nSPS) is 15.9. The van der Waals surface area contributed by atoms with Gasteiger partial charge in [0.05, 0.1) is 0 Å². The molecule has 1 aliphatic rings. The first-order valence-electron chi connectivity index (χ1n) is 6.37. The molecule has 1 aliphatic heterocycles. The van der Waals surface area contributed by atoms with Crippen molar-refractivity contribution in [2.75, 3.05) is 20.1 Å². The summed E-state index contributed by atoms with van der Waals surface area (Å²) < 4.78 is 4.99. The second-order valence-corrected chi connectivity index (χ2v) is 4.65. The van der Waals surface area contributed by atoms with Crippen LogP contribution in [0.3, 0.4) is 0 Å². The minimum atomic E-state index is -1.21. The average molecular weight is 280 g/mol. The molecule has 2 heterocycles. The maximum Gasteiger partial charge on any atom is 0.371 e. The van der Waals surface area contributed by atoms with Gasteiger partial charge in [-0.25, -0.2) is 4.79 Å². The summed E-state index contributed by atoms with van der Waals surface area (Å²) in [6, 6.07) is 2.61. The highest BCUT2D eigenvalue weighted by molar-refractivity contribution is 5.93. The van der Waals surface area contributed by atoms with Crippen molar-refractivity contribution in [1.29, 1.82) is 0 Å². The summed E-state index contributed by atoms with van der Waals surface area (Å²) >= 11 is 0. The fourth-order valence-corrected chi connectivity index (χ4v) is 2.27. The van der Waals surface area contributed by atoms with Gasteiger partial charge in [0.25, 0.3) is 5.91 Å². The van der Waals surface area contributed by atoms with Gasteiger partial charge in [-0.05, 0) is 25.0 Å². The molecular formula is C13H16N2O5. The predicted octanol–water partition coefficient (Wildman–Crippen LogP) is 0.576. The fraction of sp³-hybridized carbons (Fsp3) is 0.462. The number of carbonyl (C=O) groups excluding carboxylic acids is 2. The Balaban J connectivity index is 1.97. The molecule has 0 aliphatic carbocycles. The zero-order valence-corrected chi connectivity index (χ0v) is 11.1. The maximum atomic E-state index is 12.1. The number of aromatic carboxylic acids is 1. The topological polar surface area (TPSA) is 99.9 Å². The van der Waals surface area contributed by atoms with Crippen LogP contribution in [-0.2, 0) is 4.79 Å². The Morgan fingerprint density at radius 3 is 2.35 bits per heavy atom. The largest absolute Gasteiger partial charge is 0.475 e. The fourth-order valence-electron chi connectivity index (χ4n) is 2.27. The highest BCUT2D eigenvalue weighted by atomic mass is 16.4. The first-order chi connectivity index (χ1) is 9.52. The molecule has 0 spiro atoms. The van der Waals surface area contributed by atoms with Crippen LogP contribution in [0.4, 0.5) is 0 Å². The number of rotatable bonds is 3. The van der Waals surface area contributed by atoms with Crippen LogP contribution < -0.4 is 5.32 Å². The number of hydrogen-bond acceptors (Lipinski definition) is 4. The van der Waals surface area contributed by atoms with Crippen molar-refractivity contribution in [1.82, 2.24) is 10.2 Å². The van der Waals surface area contributed by atoms with Gasteiger partial charge in [-0.1, -0.05) is 0 Å². The van der Waals surface area contributed by atoms with Gasteiger partial charge in [0.2, 0.25) is 11.7 Å². The molecule has 0 bridgehead atoms. The lowest BCUT2D eigenvalue weighted by molar-refractivity contribution is -0.125. The molecule has 7 nitrogen and oxygen atoms in total. The summed E-state index contributed by atoms with van der Waals surface area (Å²) in [4.78, 5) is 35.9. The van der Waals surface area contributed by atoms with Gasteiger partial charge in [-0.2, -0.15) is 0 Å². The molecule has 2 N–H and O–H groups in total. The van der Waals surface area contributed by atoms with Crippen molar-refractivity contribution >= 4 is 17.8 Å². The quantitative estimate of drug-likeness (QED) is 0.843. The van der Waals surface area contributed by atoms with Gasteiger partial charge < -0.3 is 19.7 Å². The lowest BCUT2D eigenvalue weighted by Gasteiger charge is -2.30. The van der Waals surface area contributed by atoms with E-state index in [1.807, 2.05) is 0 Å². The summed E-state index contributed by atoms with van der Waals surface area (Å²) in [6.07, 6.45) is 1.19. The monoisotopic (exact) mass is 280 g/mol. The summed E-state index contributed by atoms with van der Waals surface area (Å²) in [5.74, 6) is -1.87. The van der Waals surface area contributed by atoms with E-state index < -0.39 is 5.97 Å². The summed E-state index contributed by atoms with van der Waals surface area (Å²) in [6.45, 7) is 0.917. The van der Waals surface area contributed by atoms with E-state index in [1.54, 1.807) is 11.9 Å². The average Bonchev–Trinajstić information content (AvgIpc) is 2.96. The van der Waals surface area contributed by atoms with Crippen molar-refractivity contribution in [3.63, 3.8) is 0 Å². The van der Waals surface area contributed by atoms with Gasteiger partial charge in [0.1, 0.15) is 0 Å². The molecule has 1 saturated heterocycles. The zero-order chi connectivity index (χ0) is 14.7. The summed E-state index contributed by atoms with van der Waals surface area (Å²) in [5, 5.41) is 11.4. The molecule has 2 rings (SSSR count). The van der Waals surface area contributed by atoms with Crippen LogP contribution in [0.1, 0.15) is 34.0 Å². The number of carboxylic acids is 1. The van der Waals surface area contributed by atoms with Crippen LogP contribution >= 0.6 is 0 Å². The van der Waals surface area contributed by atoms with Crippen molar-refractivity contribution in [2.45, 2.75) is 12.8 Å². The van der Waals surface area contributed by atoms with Crippen molar-refractivity contribution in [3.05, 3.63) is 23.7 Å².